The first-order valence-electron chi connectivity index (χ1n) is 6.45. The fourth-order valence-corrected chi connectivity index (χ4v) is 2.72. The highest BCUT2D eigenvalue weighted by molar-refractivity contribution is 7.97. The minimum absolute atomic E-state index is 0.821. The summed E-state index contributed by atoms with van der Waals surface area (Å²) < 4.78 is 13.0. The van der Waals surface area contributed by atoms with E-state index in [0.717, 1.165) is 32.1 Å². The quantitative estimate of drug-likeness (QED) is 0.784. The fraction of sp³-hybridized carbons (Fsp3) is 0.571. The van der Waals surface area contributed by atoms with Gasteiger partial charge >= 0.3 is 0 Å². The number of hydrogen-bond acceptors (Lipinski definition) is 4. The average Bonchev–Trinajstić information content (AvgIpc) is 2.42. The third-order valence-corrected chi connectivity index (χ3v) is 3.66. The number of hydrogen-bond donors (Lipinski definition) is 0. The molecule has 2 rings (SSSR count). The second kappa shape index (κ2) is 8.40. The SMILES string of the molecule is CC.COc1ccc(C)cc1SN1CCOCC1. The van der Waals surface area contributed by atoms with Crippen LogP contribution in [0.5, 0.6) is 5.75 Å². The zero-order valence-corrected chi connectivity index (χ0v) is 12.5. The van der Waals surface area contributed by atoms with Crippen molar-refractivity contribution in [2.24, 2.45) is 0 Å². The normalized spacial score (nSPS) is 15.8. The summed E-state index contributed by atoms with van der Waals surface area (Å²) in [4.78, 5) is 1.18. The Morgan fingerprint density at radius 1 is 1.22 bits per heavy atom. The molecule has 1 heterocycles. The van der Waals surface area contributed by atoms with Gasteiger partial charge in [-0.1, -0.05) is 19.9 Å². The lowest BCUT2D eigenvalue weighted by atomic mass is 10.2. The van der Waals surface area contributed by atoms with Crippen molar-refractivity contribution in [1.82, 2.24) is 4.31 Å². The Hall–Kier alpha value is -0.710. The Bertz CT molecular complexity index is 352. The van der Waals surface area contributed by atoms with Gasteiger partial charge in [-0.2, -0.15) is 0 Å². The Morgan fingerprint density at radius 3 is 2.50 bits per heavy atom. The monoisotopic (exact) mass is 269 g/mol. The molecule has 1 aromatic carbocycles. The van der Waals surface area contributed by atoms with E-state index >= 15 is 0 Å². The van der Waals surface area contributed by atoms with Gasteiger partial charge in [-0.25, -0.2) is 4.31 Å². The van der Waals surface area contributed by atoms with Gasteiger partial charge in [0.05, 0.1) is 25.2 Å². The molecule has 0 saturated carbocycles. The highest BCUT2D eigenvalue weighted by atomic mass is 32.2. The van der Waals surface area contributed by atoms with Gasteiger partial charge in [0.25, 0.3) is 0 Å². The summed E-state index contributed by atoms with van der Waals surface area (Å²) in [5, 5.41) is 0. The van der Waals surface area contributed by atoms with Crippen molar-refractivity contribution in [1.29, 1.82) is 0 Å². The zero-order valence-electron chi connectivity index (χ0n) is 11.7. The standard InChI is InChI=1S/C12H17NO2S.C2H6/c1-10-3-4-11(14-2)12(9-10)16-13-5-7-15-8-6-13;1-2/h3-4,9H,5-8H2,1-2H3;1-2H3. The second-order valence-electron chi connectivity index (χ2n) is 3.79. The molecule has 1 aliphatic heterocycles. The highest BCUT2D eigenvalue weighted by Crippen LogP contribution is 2.32. The molecule has 3 nitrogen and oxygen atoms in total. The van der Waals surface area contributed by atoms with E-state index in [-0.39, 0.29) is 0 Å². The molecule has 1 saturated heterocycles. The van der Waals surface area contributed by atoms with Crippen molar-refractivity contribution in [3.8, 4) is 5.75 Å². The molecule has 0 N–H and O–H groups in total. The minimum atomic E-state index is 0.821. The molecule has 0 bridgehead atoms. The molecule has 0 aromatic heterocycles. The summed E-state index contributed by atoms with van der Waals surface area (Å²) in [7, 11) is 1.72. The summed E-state index contributed by atoms with van der Waals surface area (Å²) in [6.07, 6.45) is 0. The topological polar surface area (TPSA) is 21.7 Å². The van der Waals surface area contributed by atoms with Crippen molar-refractivity contribution in [3.63, 3.8) is 0 Å². The molecular formula is C14H23NO2S. The first-order valence-corrected chi connectivity index (χ1v) is 7.22. The Balaban J connectivity index is 0.000000771. The van der Waals surface area contributed by atoms with Crippen LogP contribution in [0, 0.1) is 6.92 Å². The van der Waals surface area contributed by atoms with Crippen LogP contribution in [0.2, 0.25) is 0 Å². The Labute approximate surface area is 115 Å². The van der Waals surface area contributed by atoms with Crippen molar-refractivity contribution in [2.75, 3.05) is 33.4 Å². The largest absolute Gasteiger partial charge is 0.496 e. The first kappa shape index (κ1) is 15.3. The smallest absolute Gasteiger partial charge is 0.133 e. The summed E-state index contributed by atoms with van der Waals surface area (Å²) in [6, 6.07) is 6.26. The molecule has 0 unspecified atom stereocenters. The van der Waals surface area contributed by atoms with Gasteiger partial charge in [0.15, 0.2) is 0 Å². The minimum Gasteiger partial charge on any atom is -0.496 e. The van der Waals surface area contributed by atoms with Gasteiger partial charge in [-0.15, -0.1) is 0 Å². The summed E-state index contributed by atoms with van der Waals surface area (Å²) >= 11 is 1.76. The van der Waals surface area contributed by atoms with Gasteiger partial charge in [0.1, 0.15) is 5.75 Å². The number of ether oxygens (including phenoxy) is 2. The summed E-state index contributed by atoms with van der Waals surface area (Å²) in [5.41, 5.74) is 1.26. The predicted molar refractivity (Wildman–Crippen MR) is 77.3 cm³/mol. The van der Waals surface area contributed by atoms with Crippen molar-refractivity contribution in [2.45, 2.75) is 25.7 Å². The number of nitrogens with zero attached hydrogens (tertiary/aromatic N) is 1. The third-order valence-electron chi connectivity index (χ3n) is 2.52. The van der Waals surface area contributed by atoms with Gasteiger partial charge in [-0.05, 0) is 36.6 Å². The lowest BCUT2D eigenvalue weighted by Gasteiger charge is -2.25. The fourth-order valence-electron chi connectivity index (χ4n) is 1.63. The molecule has 18 heavy (non-hydrogen) atoms. The third kappa shape index (κ3) is 4.52. The lowest BCUT2D eigenvalue weighted by Crippen LogP contribution is -2.30. The summed E-state index contributed by atoms with van der Waals surface area (Å²) in [5.74, 6) is 0.946. The van der Waals surface area contributed by atoms with E-state index in [9.17, 15) is 0 Å². The van der Waals surface area contributed by atoms with Crippen LogP contribution in [-0.2, 0) is 4.74 Å². The van der Waals surface area contributed by atoms with Crippen molar-refractivity contribution in [3.05, 3.63) is 23.8 Å². The molecule has 1 aliphatic rings. The molecule has 1 aromatic rings. The number of aryl methyl sites for hydroxylation is 1. The molecule has 0 radical (unpaired) electrons. The van der Waals surface area contributed by atoms with E-state index in [1.807, 2.05) is 19.9 Å². The molecular weight excluding hydrogens is 246 g/mol. The predicted octanol–water partition coefficient (Wildman–Crippen LogP) is 3.37. The summed E-state index contributed by atoms with van der Waals surface area (Å²) in [6.45, 7) is 9.69. The van der Waals surface area contributed by atoms with Crippen LogP contribution in [0.1, 0.15) is 19.4 Å². The number of benzene rings is 1. The van der Waals surface area contributed by atoms with Crippen molar-refractivity contribution >= 4 is 11.9 Å². The number of methoxy groups -OCH3 is 1. The number of morpholine rings is 1. The number of rotatable bonds is 3. The van der Waals surface area contributed by atoms with E-state index in [1.165, 1.54) is 10.5 Å². The molecule has 0 amide bonds. The van der Waals surface area contributed by atoms with Crippen LogP contribution >= 0.6 is 11.9 Å². The molecule has 0 atom stereocenters. The molecule has 0 aliphatic carbocycles. The maximum Gasteiger partial charge on any atom is 0.133 e. The van der Waals surface area contributed by atoms with E-state index in [2.05, 4.69) is 23.4 Å². The van der Waals surface area contributed by atoms with E-state index in [1.54, 1.807) is 19.1 Å². The molecule has 102 valence electrons. The van der Waals surface area contributed by atoms with Crippen LogP contribution < -0.4 is 4.74 Å². The highest BCUT2D eigenvalue weighted by Gasteiger charge is 2.14. The first-order chi connectivity index (χ1) is 8.79. The molecule has 0 spiro atoms. The van der Waals surface area contributed by atoms with Crippen LogP contribution in [0.3, 0.4) is 0 Å². The Kier molecular flexibility index (Phi) is 7.16. The average molecular weight is 269 g/mol. The van der Waals surface area contributed by atoms with Gasteiger partial charge in [-0.3, -0.25) is 0 Å². The lowest BCUT2D eigenvalue weighted by molar-refractivity contribution is 0.0773. The van der Waals surface area contributed by atoms with E-state index in [4.69, 9.17) is 9.47 Å². The van der Waals surface area contributed by atoms with Gasteiger partial charge < -0.3 is 9.47 Å². The van der Waals surface area contributed by atoms with Crippen LogP contribution in [0.4, 0.5) is 0 Å². The van der Waals surface area contributed by atoms with E-state index in [0.29, 0.717) is 0 Å². The maximum absolute atomic E-state index is 5.36. The molecule has 1 fully saturated rings. The Morgan fingerprint density at radius 2 is 1.89 bits per heavy atom. The molecule has 4 heteroatoms. The van der Waals surface area contributed by atoms with Crippen LogP contribution in [0.15, 0.2) is 23.1 Å². The zero-order chi connectivity index (χ0) is 13.4. The van der Waals surface area contributed by atoms with Crippen LogP contribution in [-0.4, -0.2) is 37.7 Å². The van der Waals surface area contributed by atoms with E-state index < -0.39 is 0 Å². The van der Waals surface area contributed by atoms with Gasteiger partial charge in [0, 0.05) is 13.1 Å². The van der Waals surface area contributed by atoms with Gasteiger partial charge in [0.2, 0.25) is 0 Å². The second-order valence-corrected chi connectivity index (χ2v) is 4.93. The maximum atomic E-state index is 5.36. The van der Waals surface area contributed by atoms with Crippen molar-refractivity contribution < 1.29 is 9.47 Å². The van der Waals surface area contributed by atoms with Crippen LogP contribution in [0.25, 0.3) is 0 Å².